The first-order valence-corrected chi connectivity index (χ1v) is 18.7. The number of hydrogen-bond acceptors (Lipinski definition) is 9. The Morgan fingerprint density at radius 2 is 1.29 bits per heavy atom. The van der Waals surface area contributed by atoms with Crippen LogP contribution in [0.15, 0.2) is 36.4 Å². The normalized spacial score (nSPS) is 18.5. The van der Waals surface area contributed by atoms with Gasteiger partial charge in [0.15, 0.2) is 0 Å². The number of H-pyrrole nitrogens is 2. The Labute approximate surface area is 313 Å². The Hall–Kier alpha value is -5.96. The van der Waals surface area contributed by atoms with Crippen LogP contribution in [0.4, 0.5) is 20.4 Å². The Bertz CT molecular complexity index is 2640. The molecule has 13 nitrogen and oxygen atoms in total. The minimum atomic E-state index is -1.09. The first-order chi connectivity index (χ1) is 26.4. The van der Waals surface area contributed by atoms with E-state index >= 15 is 0 Å². The predicted molar refractivity (Wildman–Crippen MR) is 202 cm³/mol. The summed E-state index contributed by atoms with van der Waals surface area (Å²) in [7, 11) is 0. The van der Waals surface area contributed by atoms with E-state index in [2.05, 4.69) is 40.9 Å². The zero-order valence-electron chi connectivity index (χ0n) is 30.2. The zero-order chi connectivity index (χ0) is 38.0. The summed E-state index contributed by atoms with van der Waals surface area (Å²) in [6.07, 6.45) is 7.62. The molecular weight excluding hydrogens is 707 g/mol. The zero-order valence-corrected chi connectivity index (χ0v) is 30.2. The lowest BCUT2D eigenvalue weighted by Gasteiger charge is -2.12. The number of aromatic nitrogens is 6. The van der Waals surface area contributed by atoms with Crippen LogP contribution in [0.25, 0.3) is 44.6 Å². The van der Waals surface area contributed by atoms with Crippen molar-refractivity contribution in [2.24, 2.45) is 5.73 Å². The van der Waals surface area contributed by atoms with Crippen molar-refractivity contribution in [2.45, 2.75) is 88.4 Å². The highest BCUT2D eigenvalue weighted by Gasteiger charge is 2.53. The van der Waals surface area contributed by atoms with Crippen LogP contribution in [0.5, 0.6) is 0 Å². The lowest BCUT2D eigenvalue weighted by atomic mass is 10.1. The number of anilines is 2. The monoisotopic (exact) mass is 744 g/mol. The molecule has 55 heavy (non-hydrogen) atoms. The number of amides is 1. The number of carboxylic acid groups (broad SMARTS) is 1. The smallest absolute Gasteiger partial charge is 0.337 e. The molecule has 1 amide bonds. The first kappa shape index (κ1) is 33.6. The lowest BCUT2D eigenvalue weighted by Crippen LogP contribution is -2.26. The number of aromatic carboxylic acids is 1. The summed E-state index contributed by atoms with van der Waals surface area (Å²) < 4.78 is 29.8. The molecule has 5 aliphatic rings. The summed E-state index contributed by atoms with van der Waals surface area (Å²) in [4.78, 5) is 48.9. The van der Waals surface area contributed by atoms with Gasteiger partial charge in [-0.15, -0.1) is 0 Å². The molecule has 1 spiro atoms. The molecule has 6 aromatic rings. The van der Waals surface area contributed by atoms with Crippen molar-refractivity contribution in [2.75, 3.05) is 10.6 Å². The van der Waals surface area contributed by atoms with Gasteiger partial charge in [0.1, 0.15) is 34.3 Å². The van der Waals surface area contributed by atoms with Gasteiger partial charge >= 0.3 is 5.97 Å². The first-order valence-electron chi connectivity index (χ1n) is 18.7. The molecule has 15 heteroatoms. The van der Waals surface area contributed by atoms with E-state index in [1.165, 1.54) is 18.2 Å². The molecule has 11 rings (SSSR count). The number of nitrogens with two attached hydrogens (primary N) is 1. The molecule has 2 aromatic carbocycles. The third-order valence-corrected chi connectivity index (χ3v) is 11.3. The van der Waals surface area contributed by atoms with Gasteiger partial charge in [-0.1, -0.05) is 0 Å². The van der Waals surface area contributed by atoms with E-state index < -0.39 is 17.3 Å². The summed E-state index contributed by atoms with van der Waals surface area (Å²) in [5.74, 6) is -0.716. The third kappa shape index (κ3) is 5.75. The highest BCUT2D eigenvalue weighted by molar-refractivity contribution is 6.03. The van der Waals surface area contributed by atoms with E-state index in [4.69, 9.17) is 10.7 Å². The highest BCUT2D eigenvalue weighted by atomic mass is 19.1. The fourth-order valence-electron chi connectivity index (χ4n) is 7.53. The number of aromatic amines is 2. The molecule has 0 bridgehead atoms. The van der Waals surface area contributed by atoms with Gasteiger partial charge in [-0.2, -0.15) is 0 Å². The number of nitrogens with zero attached hydrogens (tertiary/aromatic N) is 4. The van der Waals surface area contributed by atoms with Gasteiger partial charge in [0.25, 0.3) is 5.91 Å². The van der Waals surface area contributed by atoms with Crippen LogP contribution in [0, 0.1) is 25.5 Å². The second kappa shape index (κ2) is 11.8. The van der Waals surface area contributed by atoms with Crippen molar-refractivity contribution in [3.05, 3.63) is 81.9 Å². The van der Waals surface area contributed by atoms with Crippen molar-refractivity contribution < 1.29 is 23.5 Å². The van der Waals surface area contributed by atoms with Crippen LogP contribution in [0.3, 0.4) is 0 Å². The van der Waals surface area contributed by atoms with Gasteiger partial charge in [-0.3, -0.25) is 4.79 Å². The maximum Gasteiger partial charge on any atom is 0.337 e. The molecule has 1 aliphatic heterocycles. The van der Waals surface area contributed by atoms with Gasteiger partial charge in [-0.25, -0.2) is 33.5 Å². The number of aryl methyl sites for hydroxylation is 2. The minimum Gasteiger partial charge on any atom is -0.478 e. The van der Waals surface area contributed by atoms with Crippen LogP contribution in [0.2, 0.25) is 0 Å². The Balaban J connectivity index is 0.000000135. The van der Waals surface area contributed by atoms with E-state index in [0.717, 1.165) is 55.6 Å². The quantitative estimate of drug-likeness (QED) is 0.0883. The summed E-state index contributed by atoms with van der Waals surface area (Å²) in [6.45, 7) is 3.77. The summed E-state index contributed by atoms with van der Waals surface area (Å²) >= 11 is 0. The summed E-state index contributed by atoms with van der Waals surface area (Å²) in [5.41, 5.74) is 12.4. The van der Waals surface area contributed by atoms with Gasteiger partial charge in [0.05, 0.1) is 78.5 Å². The molecule has 0 saturated heterocycles. The molecule has 5 heterocycles. The average Bonchev–Trinajstić information content (AvgIpc) is 4.04. The van der Waals surface area contributed by atoms with E-state index in [9.17, 15) is 23.5 Å². The minimum absolute atomic E-state index is 0.0720. The number of carbonyl (C=O) groups excluding carboxylic acids is 1. The lowest BCUT2D eigenvalue weighted by molar-refractivity contribution is 0.0694. The number of hydrogen-bond donors (Lipinski definition) is 7. The van der Waals surface area contributed by atoms with Crippen molar-refractivity contribution in [1.29, 1.82) is 0 Å². The number of rotatable bonds is 8. The average molecular weight is 745 g/mol. The summed E-state index contributed by atoms with van der Waals surface area (Å²) in [6, 6.07) is 9.98. The van der Waals surface area contributed by atoms with E-state index in [0.29, 0.717) is 86.8 Å². The van der Waals surface area contributed by atoms with E-state index in [1.54, 1.807) is 18.2 Å². The number of nitrogens with one attached hydrogen (secondary N) is 5. The van der Waals surface area contributed by atoms with Crippen molar-refractivity contribution in [1.82, 2.24) is 35.2 Å². The van der Waals surface area contributed by atoms with Gasteiger partial charge < -0.3 is 36.8 Å². The number of fused-ring (bicyclic) bond motifs is 4. The topological polar surface area (TPSA) is 200 Å². The van der Waals surface area contributed by atoms with Crippen LogP contribution in [-0.4, -0.2) is 59.0 Å². The Morgan fingerprint density at radius 1 is 0.782 bits per heavy atom. The largest absolute Gasteiger partial charge is 0.478 e. The fourth-order valence-corrected chi connectivity index (χ4v) is 7.53. The predicted octanol–water partition coefficient (Wildman–Crippen LogP) is 6.67. The third-order valence-electron chi connectivity index (χ3n) is 11.3. The second-order valence-corrected chi connectivity index (χ2v) is 15.7. The highest BCUT2D eigenvalue weighted by Crippen LogP contribution is 2.51. The molecule has 4 aromatic heterocycles. The number of benzene rings is 2. The fraction of sp³-hybridized carbons (Fsp3) is 0.350. The Morgan fingerprint density at radius 3 is 1.76 bits per heavy atom. The molecule has 4 aliphatic carbocycles. The number of carbonyl (C=O) groups is 2. The molecule has 280 valence electrons. The molecule has 0 atom stereocenters. The van der Waals surface area contributed by atoms with Gasteiger partial charge in [0.2, 0.25) is 0 Å². The molecular formula is C40H38F2N10O3. The van der Waals surface area contributed by atoms with E-state index in [1.807, 2.05) is 13.8 Å². The standard InChI is InChI=1S/C20H20FN5O2.C20H18FN5O/c1-9-18(24-10-2-3-10)26-16-13(23-9)5-4-12(21)15(16)14-8-11(19(27)28)17(25-14)20(22)6-7-20;1-9-18(23-10-2-3-10)25-16-13(22-9)5-4-12(21)15(16)14-8-11-17(24-14)20(6-7-20)26-19(11)27/h4-5,8,10,25H,2-3,6-7,22H2,1H3,(H,24,26)(H,27,28);4-5,8,10,24H,2-3,6-7H2,1H3,(H,23,25)(H,26,27). The van der Waals surface area contributed by atoms with E-state index in [-0.39, 0.29) is 28.4 Å². The van der Waals surface area contributed by atoms with Gasteiger partial charge in [0, 0.05) is 12.1 Å². The maximum atomic E-state index is 14.9. The number of halogens is 2. The molecule has 8 N–H and O–H groups in total. The number of carboxylic acids is 1. The molecule has 4 fully saturated rings. The molecule has 0 radical (unpaired) electrons. The van der Waals surface area contributed by atoms with Crippen LogP contribution >= 0.6 is 0 Å². The summed E-state index contributed by atoms with van der Waals surface area (Å²) in [5, 5.41) is 19.3. The van der Waals surface area contributed by atoms with Crippen molar-refractivity contribution >= 4 is 45.6 Å². The second-order valence-electron chi connectivity index (χ2n) is 15.7. The van der Waals surface area contributed by atoms with Crippen LogP contribution < -0.4 is 21.7 Å². The molecule has 0 unspecified atom stereocenters. The van der Waals surface area contributed by atoms with Crippen LogP contribution in [-0.2, 0) is 11.1 Å². The van der Waals surface area contributed by atoms with Crippen molar-refractivity contribution in [3.63, 3.8) is 0 Å². The Kier molecular flexibility index (Phi) is 7.19. The maximum absolute atomic E-state index is 14.9. The van der Waals surface area contributed by atoms with Crippen molar-refractivity contribution in [3.8, 4) is 22.5 Å². The van der Waals surface area contributed by atoms with Crippen LogP contribution in [0.1, 0.15) is 94.9 Å². The van der Waals surface area contributed by atoms with Gasteiger partial charge in [-0.05, 0) is 102 Å². The molecule has 4 saturated carbocycles. The SMILES string of the molecule is Cc1nc2ccc(F)c(-c3cc(C(=O)O)c(C4(N)CC4)[nH]3)c2nc1NC1CC1.Cc1nc2ccc(F)c(-c3cc4c([nH]3)C3(CC3)NC4=O)c2nc1NC1CC1.